The monoisotopic (exact) mass is 218 g/mol. The molecule has 0 saturated carbocycles. The molecule has 1 aromatic carbocycles. The first-order chi connectivity index (χ1) is 7.50. The van der Waals surface area contributed by atoms with Gasteiger partial charge in [-0.25, -0.2) is 0 Å². The van der Waals surface area contributed by atoms with Gasteiger partial charge in [0.1, 0.15) is 5.78 Å². The Morgan fingerprint density at radius 1 is 1.19 bits per heavy atom. The van der Waals surface area contributed by atoms with Crippen LogP contribution in [0, 0.1) is 19.8 Å². The smallest absolute Gasteiger partial charge is 0.137 e. The molecule has 0 fully saturated rings. The van der Waals surface area contributed by atoms with E-state index in [4.69, 9.17) is 0 Å². The van der Waals surface area contributed by atoms with Crippen molar-refractivity contribution in [1.29, 1.82) is 0 Å². The van der Waals surface area contributed by atoms with E-state index in [9.17, 15) is 4.79 Å². The average molecular weight is 218 g/mol. The molecule has 0 unspecified atom stereocenters. The molecule has 0 aliphatic carbocycles. The second-order valence-corrected chi connectivity index (χ2v) is 5.02. The van der Waals surface area contributed by atoms with Crippen LogP contribution in [0.4, 0.5) is 0 Å². The molecule has 0 heterocycles. The molecule has 0 amide bonds. The van der Waals surface area contributed by atoms with Gasteiger partial charge in [-0.15, -0.1) is 0 Å². The maximum atomic E-state index is 11.8. The maximum Gasteiger partial charge on any atom is 0.137 e. The third kappa shape index (κ3) is 3.80. The fourth-order valence-corrected chi connectivity index (χ4v) is 1.86. The predicted molar refractivity (Wildman–Crippen MR) is 68.7 cm³/mol. The zero-order valence-electron chi connectivity index (χ0n) is 10.8. The third-order valence-corrected chi connectivity index (χ3v) is 3.02. The van der Waals surface area contributed by atoms with E-state index >= 15 is 0 Å². The Kier molecular flexibility index (Phi) is 4.72. The number of benzene rings is 1. The number of hydrogen-bond donors (Lipinski definition) is 0. The molecule has 0 saturated heterocycles. The number of carbonyl (C=O) groups excluding carboxylic acids is 1. The van der Waals surface area contributed by atoms with Crippen LogP contribution in [0.5, 0.6) is 0 Å². The molecular weight excluding hydrogens is 196 g/mol. The van der Waals surface area contributed by atoms with Gasteiger partial charge in [0, 0.05) is 12.8 Å². The highest BCUT2D eigenvalue weighted by Gasteiger charge is 2.09. The first-order valence-electron chi connectivity index (χ1n) is 6.07. The number of aryl methyl sites for hydroxylation is 2. The first-order valence-corrected chi connectivity index (χ1v) is 6.07. The zero-order chi connectivity index (χ0) is 12.1. The summed E-state index contributed by atoms with van der Waals surface area (Å²) in [7, 11) is 0. The topological polar surface area (TPSA) is 17.1 Å². The lowest BCUT2D eigenvalue weighted by molar-refractivity contribution is -0.118. The molecule has 0 aliphatic rings. The number of ketones is 1. The van der Waals surface area contributed by atoms with Gasteiger partial charge in [-0.1, -0.05) is 32.0 Å². The van der Waals surface area contributed by atoms with Gasteiger partial charge in [0.15, 0.2) is 0 Å². The van der Waals surface area contributed by atoms with Crippen molar-refractivity contribution < 1.29 is 4.79 Å². The van der Waals surface area contributed by atoms with Crippen molar-refractivity contribution in [2.75, 3.05) is 0 Å². The molecule has 0 aliphatic heterocycles. The lowest BCUT2D eigenvalue weighted by Gasteiger charge is -2.09. The van der Waals surface area contributed by atoms with Crippen molar-refractivity contribution in [1.82, 2.24) is 0 Å². The Balaban J connectivity index is 2.63. The molecule has 0 N–H and O–H groups in total. The molecule has 1 aromatic rings. The fraction of sp³-hybridized carbons (Fsp3) is 0.533. The number of carbonyl (C=O) groups is 1. The largest absolute Gasteiger partial charge is 0.299 e. The van der Waals surface area contributed by atoms with E-state index < -0.39 is 0 Å². The molecular formula is C15H22O. The van der Waals surface area contributed by atoms with Crippen LogP contribution in [0.2, 0.25) is 0 Å². The lowest BCUT2D eigenvalue weighted by atomic mass is 9.95. The highest BCUT2D eigenvalue weighted by Crippen LogP contribution is 2.15. The van der Waals surface area contributed by atoms with E-state index in [0.29, 0.717) is 24.5 Å². The summed E-state index contributed by atoms with van der Waals surface area (Å²) in [4.78, 5) is 11.8. The summed E-state index contributed by atoms with van der Waals surface area (Å²) in [6.07, 6.45) is 2.32. The van der Waals surface area contributed by atoms with Crippen LogP contribution in [0.1, 0.15) is 43.4 Å². The normalized spacial score (nSPS) is 10.8. The minimum atomic E-state index is 0.367. The molecule has 16 heavy (non-hydrogen) atoms. The molecule has 0 aromatic heterocycles. The second kappa shape index (κ2) is 5.83. The lowest BCUT2D eigenvalue weighted by Crippen LogP contribution is -2.07. The zero-order valence-corrected chi connectivity index (χ0v) is 10.8. The Morgan fingerprint density at radius 2 is 1.75 bits per heavy atom. The van der Waals surface area contributed by atoms with Gasteiger partial charge in [-0.3, -0.25) is 4.79 Å². The van der Waals surface area contributed by atoms with E-state index in [0.717, 1.165) is 6.42 Å². The van der Waals surface area contributed by atoms with Crippen LogP contribution >= 0.6 is 0 Å². The molecule has 88 valence electrons. The Labute approximate surface area is 98.9 Å². The van der Waals surface area contributed by atoms with Crippen LogP contribution in [0.15, 0.2) is 18.2 Å². The van der Waals surface area contributed by atoms with Gasteiger partial charge in [0.05, 0.1) is 0 Å². The standard InChI is InChI=1S/C15H22O/c1-11(2)8-9-14(16)10-15-12(3)6-5-7-13(15)4/h5-7,11H,8-10H2,1-4H3. The summed E-state index contributed by atoms with van der Waals surface area (Å²) in [5.74, 6) is 0.980. The van der Waals surface area contributed by atoms with Crippen LogP contribution in [0.3, 0.4) is 0 Å². The molecule has 1 nitrogen and oxygen atoms in total. The van der Waals surface area contributed by atoms with Gasteiger partial charge < -0.3 is 0 Å². The summed E-state index contributed by atoms with van der Waals surface area (Å²) in [5, 5.41) is 0. The molecule has 1 rings (SSSR count). The van der Waals surface area contributed by atoms with Crippen molar-refractivity contribution >= 4 is 5.78 Å². The van der Waals surface area contributed by atoms with E-state index in [1.165, 1.54) is 16.7 Å². The minimum absolute atomic E-state index is 0.367. The Bertz CT molecular complexity index is 343. The van der Waals surface area contributed by atoms with Gasteiger partial charge >= 0.3 is 0 Å². The Morgan fingerprint density at radius 3 is 2.25 bits per heavy atom. The Hall–Kier alpha value is -1.11. The minimum Gasteiger partial charge on any atom is -0.299 e. The van der Waals surface area contributed by atoms with E-state index in [1.807, 2.05) is 6.07 Å². The second-order valence-electron chi connectivity index (χ2n) is 5.02. The van der Waals surface area contributed by atoms with Crippen molar-refractivity contribution in [2.45, 2.75) is 47.0 Å². The van der Waals surface area contributed by atoms with Crippen molar-refractivity contribution in [3.63, 3.8) is 0 Å². The van der Waals surface area contributed by atoms with Crippen LogP contribution in [-0.2, 0) is 11.2 Å². The summed E-state index contributed by atoms with van der Waals surface area (Å²) >= 11 is 0. The van der Waals surface area contributed by atoms with Crippen LogP contribution in [0.25, 0.3) is 0 Å². The summed E-state index contributed by atoms with van der Waals surface area (Å²) in [6, 6.07) is 6.21. The number of Topliss-reactive ketones (excluding diaryl/α,β-unsaturated/α-hetero) is 1. The first kappa shape index (κ1) is 13.0. The van der Waals surface area contributed by atoms with Crippen LogP contribution in [-0.4, -0.2) is 5.78 Å². The van der Waals surface area contributed by atoms with Crippen molar-refractivity contribution in [3.8, 4) is 0 Å². The van der Waals surface area contributed by atoms with Crippen LogP contribution < -0.4 is 0 Å². The molecule has 0 bridgehead atoms. The highest BCUT2D eigenvalue weighted by molar-refractivity contribution is 5.81. The summed E-state index contributed by atoms with van der Waals surface area (Å²) in [6.45, 7) is 8.48. The molecule has 0 radical (unpaired) electrons. The predicted octanol–water partition coefficient (Wildman–Crippen LogP) is 3.85. The van der Waals surface area contributed by atoms with Gasteiger partial charge in [-0.05, 0) is 42.9 Å². The number of hydrogen-bond acceptors (Lipinski definition) is 1. The van der Waals surface area contributed by atoms with Gasteiger partial charge in [0.2, 0.25) is 0 Å². The van der Waals surface area contributed by atoms with Crippen molar-refractivity contribution in [3.05, 3.63) is 34.9 Å². The summed E-state index contributed by atoms with van der Waals surface area (Å²) < 4.78 is 0. The third-order valence-electron chi connectivity index (χ3n) is 3.02. The summed E-state index contributed by atoms with van der Waals surface area (Å²) in [5.41, 5.74) is 3.69. The molecule has 0 atom stereocenters. The fourth-order valence-electron chi connectivity index (χ4n) is 1.86. The van der Waals surface area contributed by atoms with Gasteiger partial charge in [-0.2, -0.15) is 0 Å². The highest BCUT2D eigenvalue weighted by atomic mass is 16.1. The van der Waals surface area contributed by atoms with E-state index in [1.54, 1.807) is 0 Å². The SMILES string of the molecule is Cc1cccc(C)c1CC(=O)CCC(C)C. The maximum absolute atomic E-state index is 11.8. The quantitative estimate of drug-likeness (QED) is 0.733. The van der Waals surface area contributed by atoms with E-state index in [2.05, 4.69) is 39.8 Å². The number of rotatable bonds is 5. The van der Waals surface area contributed by atoms with E-state index in [-0.39, 0.29) is 0 Å². The average Bonchev–Trinajstić information content (AvgIpc) is 2.21. The molecule has 0 spiro atoms. The van der Waals surface area contributed by atoms with Crippen molar-refractivity contribution in [2.24, 2.45) is 5.92 Å². The molecule has 1 heteroatoms. The van der Waals surface area contributed by atoms with Gasteiger partial charge in [0.25, 0.3) is 0 Å².